The first-order valence-electron chi connectivity index (χ1n) is 20.5. The molecule has 0 bridgehead atoms. The molecule has 0 aliphatic carbocycles. The SMILES string of the molecule is CCCC(C)N1Cc2cc(N3CCN(C(=O)CCCCc4nc(-c5ncc(NC(=O)Nc6cnc7cc(C)nn7c6C6CCCO6)cc5C)no4)CC3)ccc2C1=O. The molecular weight excluding hydrogens is 739 g/mol. The summed E-state index contributed by atoms with van der Waals surface area (Å²) in [5.41, 5.74) is 7.65. The topological polar surface area (TPSA) is 176 Å². The van der Waals surface area contributed by atoms with Gasteiger partial charge in [0.05, 0.1) is 35.2 Å². The number of carbonyl (C=O) groups excluding carboxylic acids is 3. The van der Waals surface area contributed by atoms with E-state index in [0.717, 1.165) is 79.0 Å². The second-order valence-corrected chi connectivity index (χ2v) is 15.6. The van der Waals surface area contributed by atoms with Gasteiger partial charge in [-0.3, -0.25) is 14.6 Å². The average molecular weight is 790 g/mol. The van der Waals surface area contributed by atoms with Crippen molar-refractivity contribution in [2.24, 2.45) is 0 Å². The Labute approximate surface area is 337 Å². The van der Waals surface area contributed by atoms with E-state index in [1.807, 2.05) is 41.8 Å². The van der Waals surface area contributed by atoms with Crippen LogP contribution in [0.2, 0.25) is 0 Å². The van der Waals surface area contributed by atoms with E-state index in [1.54, 1.807) is 23.0 Å². The summed E-state index contributed by atoms with van der Waals surface area (Å²) >= 11 is 0. The van der Waals surface area contributed by atoms with Crippen LogP contribution in [0.4, 0.5) is 21.9 Å². The molecule has 5 aromatic rings. The molecule has 7 heterocycles. The third kappa shape index (κ3) is 8.24. The summed E-state index contributed by atoms with van der Waals surface area (Å²) in [6, 6.07) is 9.65. The fraction of sp³-hybridized carbons (Fsp3) is 0.476. The van der Waals surface area contributed by atoms with Crippen molar-refractivity contribution >= 4 is 40.6 Å². The first-order valence-corrected chi connectivity index (χ1v) is 20.5. The Balaban J connectivity index is 0.785. The molecule has 2 atom stereocenters. The van der Waals surface area contributed by atoms with E-state index in [-0.39, 0.29) is 24.0 Å². The predicted molar refractivity (Wildman–Crippen MR) is 218 cm³/mol. The van der Waals surface area contributed by atoms with Gasteiger partial charge in [0.15, 0.2) is 5.65 Å². The maximum Gasteiger partial charge on any atom is 0.323 e. The van der Waals surface area contributed by atoms with Crippen LogP contribution < -0.4 is 15.5 Å². The van der Waals surface area contributed by atoms with Gasteiger partial charge in [0.2, 0.25) is 17.6 Å². The summed E-state index contributed by atoms with van der Waals surface area (Å²) in [4.78, 5) is 59.0. The van der Waals surface area contributed by atoms with Gasteiger partial charge in [0.1, 0.15) is 11.8 Å². The van der Waals surface area contributed by atoms with Crippen molar-refractivity contribution in [1.29, 1.82) is 0 Å². The number of nitrogens with zero attached hydrogens (tertiary/aromatic N) is 9. The number of piperazine rings is 1. The highest BCUT2D eigenvalue weighted by molar-refractivity contribution is 6.00. The maximum atomic E-state index is 13.1. The van der Waals surface area contributed by atoms with Crippen molar-refractivity contribution in [3.63, 3.8) is 0 Å². The molecule has 16 nitrogen and oxygen atoms in total. The summed E-state index contributed by atoms with van der Waals surface area (Å²) in [7, 11) is 0. The Bertz CT molecular complexity index is 2310. The fourth-order valence-corrected chi connectivity index (χ4v) is 8.26. The molecule has 2 fully saturated rings. The third-order valence-corrected chi connectivity index (χ3v) is 11.3. The predicted octanol–water partition coefficient (Wildman–Crippen LogP) is 6.49. The van der Waals surface area contributed by atoms with Crippen LogP contribution in [-0.4, -0.2) is 96.2 Å². The molecule has 4 aromatic heterocycles. The number of anilines is 3. The Morgan fingerprint density at radius 1 is 1.02 bits per heavy atom. The summed E-state index contributed by atoms with van der Waals surface area (Å²) in [6.07, 6.45) is 9.27. The smallest absolute Gasteiger partial charge is 0.323 e. The van der Waals surface area contributed by atoms with Crippen LogP contribution in [0.15, 0.2) is 47.2 Å². The lowest BCUT2D eigenvalue weighted by Crippen LogP contribution is -2.48. The number of urea groups is 1. The van der Waals surface area contributed by atoms with Gasteiger partial charge in [-0.25, -0.2) is 14.3 Å². The molecule has 1 aromatic carbocycles. The van der Waals surface area contributed by atoms with Gasteiger partial charge in [-0.05, 0) is 88.3 Å². The van der Waals surface area contributed by atoms with Crippen molar-refractivity contribution in [3.05, 3.63) is 76.7 Å². The third-order valence-electron chi connectivity index (χ3n) is 11.3. The molecule has 304 valence electrons. The second kappa shape index (κ2) is 16.9. The number of aryl methyl sites for hydroxylation is 3. The quantitative estimate of drug-likeness (QED) is 0.125. The minimum atomic E-state index is -0.445. The molecule has 58 heavy (non-hydrogen) atoms. The second-order valence-electron chi connectivity index (χ2n) is 15.6. The van der Waals surface area contributed by atoms with E-state index in [1.165, 1.54) is 0 Å². The lowest BCUT2D eigenvalue weighted by molar-refractivity contribution is -0.131. The van der Waals surface area contributed by atoms with Crippen LogP contribution in [-0.2, 0) is 22.5 Å². The molecule has 3 aliphatic rings. The number of amides is 4. The average Bonchev–Trinajstić information content (AvgIpc) is 4.04. The van der Waals surface area contributed by atoms with Gasteiger partial charge in [0, 0.05) is 75.5 Å². The van der Waals surface area contributed by atoms with Crippen molar-refractivity contribution < 1.29 is 23.6 Å². The lowest BCUT2D eigenvalue weighted by Gasteiger charge is -2.36. The minimum Gasteiger partial charge on any atom is -0.372 e. The van der Waals surface area contributed by atoms with Gasteiger partial charge in [-0.15, -0.1) is 0 Å². The van der Waals surface area contributed by atoms with Gasteiger partial charge in [-0.1, -0.05) is 18.5 Å². The maximum absolute atomic E-state index is 13.1. The number of pyridine rings is 1. The van der Waals surface area contributed by atoms with Crippen LogP contribution >= 0.6 is 0 Å². The van der Waals surface area contributed by atoms with E-state index in [4.69, 9.17) is 9.26 Å². The minimum absolute atomic E-state index is 0.131. The number of fused-ring (bicyclic) bond motifs is 2. The lowest BCUT2D eigenvalue weighted by atomic mass is 10.1. The zero-order chi connectivity index (χ0) is 40.3. The highest BCUT2D eigenvalue weighted by Crippen LogP contribution is 2.34. The molecule has 3 aliphatic heterocycles. The van der Waals surface area contributed by atoms with Crippen LogP contribution in [0.3, 0.4) is 0 Å². The standard InChI is InChI=1S/C42H51N11O5/c1-5-9-28(4)52-25-29-22-31(13-14-32(29)41(52)55)50-15-17-51(18-16-50)37(54)12-7-6-11-36-47-40(49-58-36)38-26(2)20-30(23-44-38)45-42(56)46-33-24-43-35-21-27(3)48-53(35)39(33)34-10-8-19-57-34/h13-14,20-24,28,34H,5-12,15-19,25H2,1-4H3,(H2,45,46,56). The number of rotatable bonds is 13. The Kier molecular flexibility index (Phi) is 11.4. The Morgan fingerprint density at radius 3 is 2.64 bits per heavy atom. The van der Waals surface area contributed by atoms with Crippen molar-refractivity contribution in [3.8, 4) is 11.5 Å². The van der Waals surface area contributed by atoms with Crippen LogP contribution in [0.1, 0.15) is 104 Å². The molecule has 2 N–H and O–H groups in total. The number of nitrogens with one attached hydrogen (secondary N) is 2. The van der Waals surface area contributed by atoms with Gasteiger partial charge >= 0.3 is 6.03 Å². The van der Waals surface area contributed by atoms with Gasteiger partial charge < -0.3 is 34.6 Å². The molecule has 2 unspecified atom stereocenters. The number of carbonyl (C=O) groups is 3. The Morgan fingerprint density at radius 2 is 1.86 bits per heavy atom. The highest BCUT2D eigenvalue weighted by Gasteiger charge is 2.32. The number of ether oxygens (including phenoxy) is 1. The molecule has 0 saturated carbocycles. The fourth-order valence-electron chi connectivity index (χ4n) is 8.26. The van der Waals surface area contributed by atoms with Crippen molar-refractivity contribution in [1.82, 2.24) is 39.5 Å². The molecule has 8 rings (SSSR count). The van der Waals surface area contributed by atoms with E-state index in [2.05, 4.69) is 60.7 Å². The van der Waals surface area contributed by atoms with Gasteiger partial charge in [0.25, 0.3) is 5.91 Å². The van der Waals surface area contributed by atoms with Crippen molar-refractivity contribution in [2.75, 3.05) is 48.3 Å². The number of unbranched alkanes of at least 4 members (excludes halogenated alkanes) is 1. The first-order chi connectivity index (χ1) is 28.1. The van der Waals surface area contributed by atoms with Gasteiger partial charge in [-0.2, -0.15) is 10.1 Å². The number of hydrogen-bond acceptors (Lipinski definition) is 11. The molecule has 16 heteroatoms. The van der Waals surface area contributed by atoms with E-state index >= 15 is 0 Å². The molecule has 2 saturated heterocycles. The molecular formula is C42H51N11O5. The van der Waals surface area contributed by atoms with E-state index < -0.39 is 6.03 Å². The number of benzene rings is 1. The summed E-state index contributed by atoms with van der Waals surface area (Å²) in [6.45, 7) is 12.2. The zero-order valence-corrected chi connectivity index (χ0v) is 33.7. The molecule has 0 spiro atoms. The normalized spacial score (nSPS) is 17.3. The van der Waals surface area contributed by atoms with Crippen LogP contribution in [0.25, 0.3) is 17.2 Å². The zero-order valence-electron chi connectivity index (χ0n) is 33.7. The highest BCUT2D eigenvalue weighted by atomic mass is 16.5. The largest absolute Gasteiger partial charge is 0.372 e. The number of hydrogen-bond donors (Lipinski definition) is 2. The molecule has 4 amide bonds. The number of aromatic nitrogens is 6. The Hall–Kier alpha value is -5.90. The molecule has 0 radical (unpaired) electrons. The van der Waals surface area contributed by atoms with E-state index in [0.29, 0.717) is 79.9 Å². The summed E-state index contributed by atoms with van der Waals surface area (Å²) < 4.78 is 13.2. The van der Waals surface area contributed by atoms with E-state index in [9.17, 15) is 14.4 Å². The summed E-state index contributed by atoms with van der Waals surface area (Å²) in [5.74, 6) is 1.14. The monoisotopic (exact) mass is 789 g/mol. The van der Waals surface area contributed by atoms with Crippen LogP contribution in [0, 0.1) is 13.8 Å². The summed E-state index contributed by atoms with van der Waals surface area (Å²) in [5, 5.41) is 14.5. The first kappa shape index (κ1) is 38.9. The van der Waals surface area contributed by atoms with Crippen molar-refractivity contribution in [2.45, 2.75) is 97.8 Å². The van der Waals surface area contributed by atoms with Crippen LogP contribution in [0.5, 0.6) is 0 Å².